The van der Waals surface area contributed by atoms with Gasteiger partial charge in [0.2, 0.25) is 0 Å². The van der Waals surface area contributed by atoms with Gasteiger partial charge in [0.25, 0.3) is 5.91 Å². The Kier molecular flexibility index (Phi) is 6.53. The average molecular weight is 353 g/mol. The Balaban J connectivity index is 1.51. The molecule has 2 aromatic rings. The molecule has 0 atom stereocenters. The standard InChI is InChI=1S/C22H27NO3/c1-2-25-21-11-7-6-10-20(21)23-22(24)16-26-19-14-12-18(13-15-19)17-8-4-3-5-9-17/h6-7,10-15,17H,2-5,8-9,16H2,1H3,(H,23,24). The smallest absolute Gasteiger partial charge is 0.262 e. The number of amides is 1. The normalized spacial score (nSPS) is 14.7. The van der Waals surface area contributed by atoms with E-state index in [-0.39, 0.29) is 12.5 Å². The van der Waals surface area contributed by atoms with Gasteiger partial charge in [-0.25, -0.2) is 0 Å². The molecular formula is C22H27NO3. The maximum absolute atomic E-state index is 12.2. The number of rotatable bonds is 7. The summed E-state index contributed by atoms with van der Waals surface area (Å²) in [6.07, 6.45) is 6.57. The zero-order valence-corrected chi connectivity index (χ0v) is 15.4. The molecule has 26 heavy (non-hydrogen) atoms. The van der Waals surface area contributed by atoms with Crippen molar-refractivity contribution in [3.63, 3.8) is 0 Å². The third-order valence-electron chi connectivity index (χ3n) is 4.79. The van der Waals surface area contributed by atoms with E-state index in [9.17, 15) is 4.79 Å². The molecule has 0 heterocycles. The minimum Gasteiger partial charge on any atom is -0.492 e. The highest BCUT2D eigenvalue weighted by molar-refractivity contribution is 5.93. The van der Waals surface area contributed by atoms with Crippen LogP contribution in [0, 0.1) is 0 Å². The molecule has 2 aromatic carbocycles. The molecule has 1 amide bonds. The van der Waals surface area contributed by atoms with Gasteiger partial charge in [0.1, 0.15) is 11.5 Å². The second-order valence-corrected chi connectivity index (χ2v) is 6.67. The summed E-state index contributed by atoms with van der Waals surface area (Å²) in [5, 5.41) is 2.84. The third kappa shape index (κ3) is 5.01. The number of para-hydroxylation sites is 2. The lowest BCUT2D eigenvalue weighted by Gasteiger charge is -2.22. The predicted molar refractivity (Wildman–Crippen MR) is 104 cm³/mol. The van der Waals surface area contributed by atoms with E-state index >= 15 is 0 Å². The van der Waals surface area contributed by atoms with Crippen molar-refractivity contribution >= 4 is 11.6 Å². The lowest BCUT2D eigenvalue weighted by atomic mass is 9.84. The lowest BCUT2D eigenvalue weighted by Crippen LogP contribution is -2.20. The molecule has 1 aliphatic rings. The van der Waals surface area contributed by atoms with Crippen LogP contribution in [0.3, 0.4) is 0 Å². The summed E-state index contributed by atoms with van der Waals surface area (Å²) in [7, 11) is 0. The molecule has 0 spiro atoms. The zero-order chi connectivity index (χ0) is 18.2. The molecule has 3 rings (SSSR count). The monoisotopic (exact) mass is 353 g/mol. The van der Waals surface area contributed by atoms with Crippen LogP contribution >= 0.6 is 0 Å². The fraction of sp³-hybridized carbons (Fsp3) is 0.409. The largest absolute Gasteiger partial charge is 0.492 e. The third-order valence-corrected chi connectivity index (χ3v) is 4.79. The van der Waals surface area contributed by atoms with E-state index in [4.69, 9.17) is 9.47 Å². The molecule has 4 heteroatoms. The molecule has 0 aliphatic heterocycles. The Labute approximate surface area is 155 Å². The summed E-state index contributed by atoms with van der Waals surface area (Å²) in [6.45, 7) is 2.44. The van der Waals surface area contributed by atoms with Gasteiger partial charge in [-0.15, -0.1) is 0 Å². The first-order valence-corrected chi connectivity index (χ1v) is 9.50. The van der Waals surface area contributed by atoms with Gasteiger partial charge in [-0.3, -0.25) is 4.79 Å². The highest BCUT2D eigenvalue weighted by Crippen LogP contribution is 2.33. The fourth-order valence-electron chi connectivity index (χ4n) is 3.46. The van der Waals surface area contributed by atoms with Crippen molar-refractivity contribution in [3.05, 3.63) is 54.1 Å². The maximum Gasteiger partial charge on any atom is 0.262 e. The van der Waals surface area contributed by atoms with Crippen LogP contribution in [0.4, 0.5) is 5.69 Å². The summed E-state index contributed by atoms with van der Waals surface area (Å²) in [5.41, 5.74) is 2.04. The zero-order valence-electron chi connectivity index (χ0n) is 15.4. The molecule has 0 unspecified atom stereocenters. The molecule has 0 aromatic heterocycles. The van der Waals surface area contributed by atoms with Crippen molar-refractivity contribution in [1.29, 1.82) is 0 Å². The number of hydrogen-bond acceptors (Lipinski definition) is 3. The first-order valence-electron chi connectivity index (χ1n) is 9.50. The number of hydrogen-bond donors (Lipinski definition) is 1. The second kappa shape index (κ2) is 9.27. The molecule has 1 N–H and O–H groups in total. The number of nitrogens with one attached hydrogen (secondary N) is 1. The molecule has 0 radical (unpaired) electrons. The van der Waals surface area contributed by atoms with Gasteiger partial charge in [-0.2, -0.15) is 0 Å². The van der Waals surface area contributed by atoms with Crippen molar-refractivity contribution in [2.75, 3.05) is 18.5 Å². The first-order chi connectivity index (χ1) is 12.8. The van der Waals surface area contributed by atoms with Gasteiger partial charge in [0.05, 0.1) is 12.3 Å². The number of benzene rings is 2. The minimum absolute atomic E-state index is 0.0246. The SMILES string of the molecule is CCOc1ccccc1NC(=O)COc1ccc(C2CCCCC2)cc1. The van der Waals surface area contributed by atoms with Gasteiger partial charge in [-0.05, 0) is 55.5 Å². The van der Waals surface area contributed by atoms with Crippen molar-refractivity contribution in [2.45, 2.75) is 44.9 Å². The Bertz CT molecular complexity index is 706. The topological polar surface area (TPSA) is 47.6 Å². The summed E-state index contributed by atoms with van der Waals surface area (Å²) in [6, 6.07) is 15.6. The highest BCUT2D eigenvalue weighted by Gasteiger charge is 2.15. The van der Waals surface area contributed by atoms with Gasteiger partial charge in [0, 0.05) is 0 Å². The van der Waals surface area contributed by atoms with E-state index in [2.05, 4.69) is 17.4 Å². The summed E-state index contributed by atoms with van der Waals surface area (Å²) in [5.74, 6) is 1.86. The van der Waals surface area contributed by atoms with E-state index in [0.29, 0.717) is 24.0 Å². The average Bonchev–Trinajstić information content (AvgIpc) is 2.69. The molecule has 1 aliphatic carbocycles. The molecular weight excluding hydrogens is 326 g/mol. The number of carbonyl (C=O) groups excluding carboxylic acids is 1. The molecule has 1 saturated carbocycles. The van der Waals surface area contributed by atoms with Crippen LogP contribution < -0.4 is 14.8 Å². The summed E-state index contributed by atoms with van der Waals surface area (Å²) < 4.78 is 11.1. The summed E-state index contributed by atoms with van der Waals surface area (Å²) >= 11 is 0. The van der Waals surface area contributed by atoms with E-state index in [1.807, 2.05) is 43.3 Å². The van der Waals surface area contributed by atoms with E-state index in [1.54, 1.807) is 0 Å². The minimum atomic E-state index is -0.200. The van der Waals surface area contributed by atoms with Crippen LogP contribution in [-0.4, -0.2) is 19.1 Å². The molecule has 138 valence electrons. The van der Waals surface area contributed by atoms with Crippen molar-refractivity contribution < 1.29 is 14.3 Å². The Morgan fingerprint density at radius 3 is 2.46 bits per heavy atom. The Morgan fingerprint density at radius 1 is 1.00 bits per heavy atom. The lowest BCUT2D eigenvalue weighted by molar-refractivity contribution is -0.118. The summed E-state index contributed by atoms with van der Waals surface area (Å²) in [4.78, 5) is 12.2. The second-order valence-electron chi connectivity index (χ2n) is 6.67. The van der Waals surface area contributed by atoms with Crippen molar-refractivity contribution in [2.24, 2.45) is 0 Å². The Hall–Kier alpha value is -2.49. The number of ether oxygens (including phenoxy) is 2. The van der Waals surface area contributed by atoms with Crippen molar-refractivity contribution in [1.82, 2.24) is 0 Å². The highest BCUT2D eigenvalue weighted by atomic mass is 16.5. The number of anilines is 1. The number of carbonyl (C=O) groups is 1. The van der Waals surface area contributed by atoms with Crippen LogP contribution in [0.2, 0.25) is 0 Å². The van der Waals surface area contributed by atoms with E-state index in [1.165, 1.54) is 37.7 Å². The maximum atomic E-state index is 12.2. The van der Waals surface area contributed by atoms with E-state index < -0.39 is 0 Å². The van der Waals surface area contributed by atoms with Gasteiger partial charge < -0.3 is 14.8 Å². The molecule has 0 saturated heterocycles. The van der Waals surface area contributed by atoms with Crippen LogP contribution in [-0.2, 0) is 4.79 Å². The Morgan fingerprint density at radius 2 is 1.73 bits per heavy atom. The van der Waals surface area contributed by atoms with E-state index in [0.717, 1.165) is 5.75 Å². The van der Waals surface area contributed by atoms with Crippen molar-refractivity contribution in [3.8, 4) is 11.5 Å². The van der Waals surface area contributed by atoms with Gasteiger partial charge >= 0.3 is 0 Å². The van der Waals surface area contributed by atoms with Crippen LogP contribution in [0.5, 0.6) is 11.5 Å². The van der Waals surface area contributed by atoms with Crippen LogP contribution in [0.15, 0.2) is 48.5 Å². The van der Waals surface area contributed by atoms with Gasteiger partial charge in [-0.1, -0.05) is 43.5 Å². The molecule has 4 nitrogen and oxygen atoms in total. The van der Waals surface area contributed by atoms with Crippen LogP contribution in [0.1, 0.15) is 50.5 Å². The first kappa shape index (κ1) is 18.3. The predicted octanol–water partition coefficient (Wildman–Crippen LogP) is 5.15. The molecule has 0 bridgehead atoms. The quantitative estimate of drug-likeness (QED) is 0.749. The fourth-order valence-corrected chi connectivity index (χ4v) is 3.46. The van der Waals surface area contributed by atoms with Crippen LogP contribution in [0.25, 0.3) is 0 Å². The molecule has 1 fully saturated rings. The van der Waals surface area contributed by atoms with Gasteiger partial charge in [0.15, 0.2) is 6.61 Å².